The molecule has 3 aromatic rings. The van der Waals surface area contributed by atoms with Crippen molar-refractivity contribution in [3.63, 3.8) is 0 Å². The third kappa shape index (κ3) is 5.98. The number of thiophene rings is 1. The topological polar surface area (TPSA) is 35.5 Å². The first-order chi connectivity index (χ1) is 14.5. The number of hydrogen-bond donors (Lipinski definition) is 0. The Morgan fingerprint density at radius 2 is 1.68 bits per heavy atom. The lowest BCUT2D eigenvalue weighted by Gasteiger charge is -2.35. The first-order valence-electron chi connectivity index (χ1n) is 10.7. The van der Waals surface area contributed by atoms with E-state index in [0.29, 0.717) is 12.0 Å². The summed E-state index contributed by atoms with van der Waals surface area (Å²) >= 11 is 1.77. The smallest absolute Gasteiger partial charge is 0.333 e. The van der Waals surface area contributed by atoms with E-state index in [2.05, 4.69) is 56.0 Å². The molecule has 0 aliphatic carbocycles. The number of benzene rings is 2. The number of esters is 1. The van der Waals surface area contributed by atoms with Crippen molar-refractivity contribution in [2.75, 3.05) is 0 Å². The molecule has 0 aliphatic rings. The Hall–Kier alpha value is -2.59. The SMILES string of the molecule is C=C(C)C(=O)OC(C)(C)CC(C)(C)Oc1ccc2cc(-c3ccc(CC)cc3)sc2c1. The van der Waals surface area contributed by atoms with Gasteiger partial charge in [-0.15, -0.1) is 11.3 Å². The van der Waals surface area contributed by atoms with Gasteiger partial charge in [-0.05, 0) is 81.8 Å². The second kappa shape index (κ2) is 8.88. The Bertz CT molecular complexity index is 1090. The Morgan fingerprint density at radius 1 is 1.00 bits per heavy atom. The lowest BCUT2D eigenvalue weighted by molar-refractivity contribution is -0.155. The van der Waals surface area contributed by atoms with Crippen LogP contribution >= 0.6 is 11.3 Å². The van der Waals surface area contributed by atoms with Crippen LogP contribution < -0.4 is 4.74 Å². The molecular weight excluding hydrogens is 404 g/mol. The van der Waals surface area contributed by atoms with Crippen molar-refractivity contribution >= 4 is 27.4 Å². The van der Waals surface area contributed by atoms with Crippen LogP contribution in [0.5, 0.6) is 5.75 Å². The quantitative estimate of drug-likeness (QED) is 0.270. The first-order valence-corrected chi connectivity index (χ1v) is 11.5. The zero-order chi connectivity index (χ0) is 22.8. The van der Waals surface area contributed by atoms with Gasteiger partial charge in [0.25, 0.3) is 0 Å². The Balaban J connectivity index is 1.76. The highest BCUT2D eigenvalue weighted by atomic mass is 32.1. The molecule has 0 amide bonds. The zero-order valence-corrected chi connectivity index (χ0v) is 20.2. The number of carbonyl (C=O) groups excluding carboxylic acids is 1. The minimum Gasteiger partial charge on any atom is -0.488 e. The second-order valence-corrected chi connectivity index (χ2v) is 10.4. The largest absolute Gasteiger partial charge is 0.488 e. The van der Waals surface area contributed by atoms with E-state index in [1.807, 2.05) is 33.8 Å². The van der Waals surface area contributed by atoms with E-state index in [1.54, 1.807) is 18.3 Å². The van der Waals surface area contributed by atoms with Gasteiger partial charge in [0.2, 0.25) is 0 Å². The van der Waals surface area contributed by atoms with Gasteiger partial charge in [-0.25, -0.2) is 4.79 Å². The van der Waals surface area contributed by atoms with Crippen LogP contribution in [0.15, 0.2) is 60.7 Å². The molecule has 0 radical (unpaired) electrons. The monoisotopic (exact) mass is 436 g/mol. The van der Waals surface area contributed by atoms with Crippen molar-refractivity contribution in [3.8, 4) is 16.2 Å². The van der Waals surface area contributed by atoms with Gasteiger partial charge in [-0.2, -0.15) is 0 Å². The number of carbonyl (C=O) groups is 1. The highest BCUT2D eigenvalue weighted by Crippen LogP contribution is 2.37. The van der Waals surface area contributed by atoms with Crippen LogP contribution in [0, 0.1) is 0 Å². The van der Waals surface area contributed by atoms with Crippen LogP contribution in [0.1, 0.15) is 53.5 Å². The van der Waals surface area contributed by atoms with Crippen molar-refractivity contribution < 1.29 is 14.3 Å². The van der Waals surface area contributed by atoms with Crippen molar-refractivity contribution in [1.29, 1.82) is 0 Å². The molecule has 0 spiro atoms. The van der Waals surface area contributed by atoms with Crippen LogP contribution in [0.4, 0.5) is 0 Å². The van der Waals surface area contributed by atoms with Gasteiger partial charge in [-0.1, -0.05) is 37.8 Å². The van der Waals surface area contributed by atoms with Gasteiger partial charge in [0, 0.05) is 21.6 Å². The zero-order valence-electron chi connectivity index (χ0n) is 19.4. The van der Waals surface area contributed by atoms with Gasteiger partial charge >= 0.3 is 5.97 Å². The maximum absolute atomic E-state index is 11.9. The minimum absolute atomic E-state index is 0.375. The van der Waals surface area contributed by atoms with Gasteiger partial charge in [-0.3, -0.25) is 0 Å². The van der Waals surface area contributed by atoms with Gasteiger partial charge < -0.3 is 9.47 Å². The average molecular weight is 437 g/mol. The van der Waals surface area contributed by atoms with Crippen LogP contribution in [-0.4, -0.2) is 17.2 Å². The molecular formula is C27H32O3S. The van der Waals surface area contributed by atoms with Crippen molar-refractivity contribution in [3.05, 3.63) is 66.2 Å². The fourth-order valence-electron chi connectivity index (χ4n) is 3.88. The summed E-state index contributed by atoms with van der Waals surface area (Å²) in [4.78, 5) is 13.2. The molecule has 0 saturated carbocycles. The molecule has 0 bridgehead atoms. The molecule has 1 aromatic heterocycles. The van der Waals surface area contributed by atoms with Crippen LogP contribution in [0.2, 0.25) is 0 Å². The van der Waals surface area contributed by atoms with E-state index in [0.717, 1.165) is 12.2 Å². The molecule has 2 aromatic carbocycles. The molecule has 3 rings (SSSR count). The highest BCUT2D eigenvalue weighted by molar-refractivity contribution is 7.22. The van der Waals surface area contributed by atoms with E-state index in [4.69, 9.17) is 9.47 Å². The Kier molecular flexibility index (Phi) is 6.61. The maximum atomic E-state index is 11.9. The third-order valence-electron chi connectivity index (χ3n) is 5.10. The number of aryl methyl sites for hydroxylation is 1. The number of rotatable bonds is 8. The predicted molar refractivity (Wildman–Crippen MR) is 131 cm³/mol. The number of hydrogen-bond acceptors (Lipinski definition) is 4. The number of fused-ring (bicyclic) bond motifs is 1. The molecule has 31 heavy (non-hydrogen) atoms. The van der Waals surface area contributed by atoms with E-state index in [-0.39, 0.29) is 5.97 Å². The summed E-state index contributed by atoms with van der Waals surface area (Å²) in [5.41, 5.74) is 1.81. The van der Waals surface area contributed by atoms with E-state index in [1.165, 1.54) is 26.1 Å². The van der Waals surface area contributed by atoms with Gasteiger partial charge in [0.05, 0.1) is 0 Å². The first kappa shape index (κ1) is 23.1. The molecule has 0 N–H and O–H groups in total. The molecule has 4 heteroatoms. The summed E-state index contributed by atoms with van der Waals surface area (Å²) in [7, 11) is 0. The van der Waals surface area contributed by atoms with Crippen LogP contribution in [0.25, 0.3) is 20.5 Å². The third-order valence-corrected chi connectivity index (χ3v) is 6.25. The van der Waals surface area contributed by atoms with Crippen molar-refractivity contribution in [2.24, 2.45) is 0 Å². The molecule has 3 nitrogen and oxygen atoms in total. The fraction of sp³-hybridized carbons (Fsp3) is 0.370. The van der Waals surface area contributed by atoms with Crippen LogP contribution in [0.3, 0.4) is 0 Å². The van der Waals surface area contributed by atoms with E-state index in [9.17, 15) is 4.79 Å². The summed E-state index contributed by atoms with van der Waals surface area (Å²) in [5.74, 6) is 0.439. The lowest BCUT2D eigenvalue weighted by atomic mass is 9.92. The molecule has 0 aliphatic heterocycles. The molecule has 164 valence electrons. The summed E-state index contributed by atoms with van der Waals surface area (Å²) in [6.45, 7) is 15.3. The highest BCUT2D eigenvalue weighted by Gasteiger charge is 2.33. The summed E-state index contributed by atoms with van der Waals surface area (Å²) < 4.78 is 13.1. The Labute approximate surface area is 189 Å². The number of ether oxygens (including phenoxy) is 2. The summed E-state index contributed by atoms with van der Waals surface area (Å²) in [5, 5.41) is 1.21. The molecule has 0 fully saturated rings. The van der Waals surface area contributed by atoms with Crippen molar-refractivity contribution in [1.82, 2.24) is 0 Å². The Morgan fingerprint density at radius 3 is 2.29 bits per heavy atom. The molecule has 0 saturated heterocycles. The predicted octanol–water partition coefficient (Wildman–Crippen LogP) is 7.58. The summed E-state index contributed by atoms with van der Waals surface area (Å²) in [6.07, 6.45) is 1.60. The van der Waals surface area contributed by atoms with Crippen molar-refractivity contribution in [2.45, 2.75) is 65.6 Å². The van der Waals surface area contributed by atoms with Gasteiger partial charge in [0.15, 0.2) is 0 Å². The fourth-order valence-corrected chi connectivity index (χ4v) is 4.97. The summed E-state index contributed by atoms with van der Waals surface area (Å²) in [6, 6.07) is 17.2. The molecule has 0 atom stereocenters. The normalized spacial score (nSPS) is 12.1. The second-order valence-electron chi connectivity index (χ2n) is 9.33. The van der Waals surface area contributed by atoms with Crippen LogP contribution in [-0.2, 0) is 16.0 Å². The van der Waals surface area contributed by atoms with E-state index >= 15 is 0 Å². The minimum atomic E-state index is -0.662. The lowest BCUT2D eigenvalue weighted by Crippen LogP contribution is -2.40. The standard InChI is InChI=1S/C27H32O3S/c1-8-19-9-11-20(12-10-19)23-15-21-13-14-22(16-24(21)31-23)29-26(4,5)17-27(6,7)30-25(28)18(2)3/h9-16H,2,8,17H2,1,3-7H3. The molecule has 1 heterocycles. The molecule has 0 unspecified atom stereocenters. The maximum Gasteiger partial charge on any atom is 0.333 e. The van der Waals surface area contributed by atoms with Gasteiger partial charge in [0.1, 0.15) is 17.0 Å². The average Bonchev–Trinajstić information content (AvgIpc) is 3.09. The van der Waals surface area contributed by atoms with E-state index < -0.39 is 11.2 Å².